The summed E-state index contributed by atoms with van der Waals surface area (Å²) >= 11 is 0. The Morgan fingerprint density at radius 3 is 2.63 bits per heavy atom. The van der Waals surface area contributed by atoms with Crippen molar-refractivity contribution < 1.29 is 0 Å². The lowest BCUT2D eigenvalue weighted by atomic mass is 10.1. The second-order valence-electron chi connectivity index (χ2n) is 5.78. The predicted molar refractivity (Wildman–Crippen MR) is 77.4 cm³/mol. The van der Waals surface area contributed by atoms with Crippen molar-refractivity contribution in [3.63, 3.8) is 0 Å². The van der Waals surface area contributed by atoms with Crippen LogP contribution in [-0.4, -0.2) is 26.8 Å². The Morgan fingerprint density at radius 1 is 1.21 bits per heavy atom. The molecule has 0 unspecified atom stereocenters. The minimum Gasteiger partial charge on any atom is -0.312 e. The summed E-state index contributed by atoms with van der Waals surface area (Å²) in [5, 5.41) is 7.88. The first-order valence-electron chi connectivity index (χ1n) is 6.73. The highest BCUT2D eigenvalue weighted by atomic mass is 15.3. The summed E-state index contributed by atoms with van der Waals surface area (Å²) in [7, 11) is 0. The molecule has 0 saturated carbocycles. The summed E-state index contributed by atoms with van der Waals surface area (Å²) in [6, 6.07) is 3.91. The molecule has 0 fully saturated rings. The van der Waals surface area contributed by atoms with Crippen LogP contribution in [0, 0.1) is 0 Å². The molecule has 19 heavy (non-hydrogen) atoms. The fourth-order valence-corrected chi connectivity index (χ4v) is 1.88. The van der Waals surface area contributed by atoms with Crippen LogP contribution in [0.3, 0.4) is 0 Å². The third kappa shape index (κ3) is 4.48. The molecule has 2 rings (SSSR count). The topological polar surface area (TPSA) is 42.7 Å². The van der Waals surface area contributed by atoms with Gasteiger partial charge in [0.15, 0.2) is 0 Å². The molecule has 0 spiro atoms. The van der Waals surface area contributed by atoms with Gasteiger partial charge in [0.1, 0.15) is 0 Å². The lowest BCUT2D eigenvalue weighted by Crippen LogP contribution is -2.36. The second-order valence-corrected chi connectivity index (χ2v) is 5.78. The average Bonchev–Trinajstić information content (AvgIpc) is 2.83. The van der Waals surface area contributed by atoms with E-state index in [1.165, 1.54) is 5.56 Å². The molecular weight excluding hydrogens is 236 g/mol. The van der Waals surface area contributed by atoms with Gasteiger partial charge in [-0.2, -0.15) is 5.10 Å². The van der Waals surface area contributed by atoms with Gasteiger partial charge < -0.3 is 5.32 Å². The highest BCUT2D eigenvalue weighted by Crippen LogP contribution is 2.08. The third-order valence-corrected chi connectivity index (χ3v) is 2.86. The first-order chi connectivity index (χ1) is 9.04. The van der Waals surface area contributed by atoms with Gasteiger partial charge in [-0.1, -0.05) is 0 Å². The number of pyridine rings is 1. The number of hydrogen-bond acceptors (Lipinski definition) is 3. The lowest BCUT2D eigenvalue weighted by Gasteiger charge is -2.20. The van der Waals surface area contributed by atoms with Crippen LogP contribution in [0.15, 0.2) is 36.9 Å². The fourth-order valence-electron chi connectivity index (χ4n) is 1.88. The van der Waals surface area contributed by atoms with Crippen LogP contribution in [0.4, 0.5) is 0 Å². The minimum absolute atomic E-state index is 0.196. The second kappa shape index (κ2) is 5.97. The Hall–Kier alpha value is -1.68. The minimum atomic E-state index is 0.196. The Morgan fingerprint density at radius 2 is 1.95 bits per heavy atom. The molecule has 2 aromatic heterocycles. The quantitative estimate of drug-likeness (QED) is 0.838. The maximum atomic E-state index is 4.38. The molecule has 0 radical (unpaired) electrons. The van der Waals surface area contributed by atoms with Crippen molar-refractivity contribution in [1.29, 1.82) is 0 Å². The van der Waals surface area contributed by atoms with Gasteiger partial charge in [-0.3, -0.25) is 4.98 Å². The van der Waals surface area contributed by atoms with Crippen LogP contribution in [0.5, 0.6) is 0 Å². The molecule has 1 N–H and O–H groups in total. The zero-order valence-corrected chi connectivity index (χ0v) is 11.9. The van der Waals surface area contributed by atoms with Gasteiger partial charge in [-0.05, 0) is 57.9 Å². The van der Waals surface area contributed by atoms with E-state index in [0.717, 1.165) is 25.1 Å². The predicted octanol–water partition coefficient (Wildman–Crippen LogP) is 2.59. The highest BCUT2D eigenvalue weighted by Gasteiger charge is 2.07. The highest BCUT2D eigenvalue weighted by molar-refractivity contribution is 5.28. The van der Waals surface area contributed by atoms with Gasteiger partial charge >= 0.3 is 0 Å². The average molecular weight is 258 g/mol. The number of rotatable bonds is 5. The number of aromatic nitrogens is 3. The van der Waals surface area contributed by atoms with E-state index in [0.29, 0.717) is 0 Å². The first-order valence-corrected chi connectivity index (χ1v) is 6.73. The van der Waals surface area contributed by atoms with Crippen molar-refractivity contribution in [1.82, 2.24) is 20.1 Å². The van der Waals surface area contributed by atoms with Crippen molar-refractivity contribution in [3.05, 3.63) is 42.5 Å². The van der Waals surface area contributed by atoms with E-state index < -0.39 is 0 Å². The zero-order valence-electron chi connectivity index (χ0n) is 11.9. The molecule has 0 aliphatic rings. The van der Waals surface area contributed by atoms with Crippen molar-refractivity contribution in [2.75, 3.05) is 6.54 Å². The fraction of sp³-hybridized carbons (Fsp3) is 0.467. The van der Waals surface area contributed by atoms with Gasteiger partial charge in [0.2, 0.25) is 0 Å². The molecular formula is C15H22N4. The summed E-state index contributed by atoms with van der Waals surface area (Å²) in [6.45, 7) is 7.60. The van der Waals surface area contributed by atoms with Crippen molar-refractivity contribution in [3.8, 4) is 5.69 Å². The summed E-state index contributed by atoms with van der Waals surface area (Å²) in [5.74, 6) is 0. The molecule has 0 aromatic carbocycles. The molecule has 4 nitrogen and oxygen atoms in total. The van der Waals surface area contributed by atoms with E-state index in [-0.39, 0.29) is 5.54 Å². The lowest BCUT2D eigenvalue weighted by molar-refractivity contribution is 0.422. The van der Waals surface area contributed by atoms with E-state index in [1.807, 2.05) is 23.0 Å². The molecule has 0 amide bonds. The summed E-state index contributed by atoms with van der Waals surface area (Å²) < 4.78 is 1.90. The largest absolute Gasteiger partial charge is 0.312 e. The van der Waals surface area contributed by atoms with Crippen LogP contribution in [0.25, 0.3) is 5.69 Å². The first kappa shape index (κ1) is 13.7. The molecule has 0 bridgehead atoms. The van der Waals surface area contributed by atoms with Gasteiger partial charge in [-0.25, -0.2) is 4.68 Å². The standard InChI is InChI=1S/C15H22N4/c1-15(2,3)17-8-4-5-13-11-18-19(12-13)14-6-9-16-10-7-14/h6-7,9-12,17H,4-5,8H2,1-3H3. The smallest absolute Gasteiger partial charge is 0.0676 e. The molecule has 4 heteroatoms. The van der Waals surface area contributed by atoms with Crippen LogP contribution in [0.2, 0.25) is 0 Å². The van der Waals surface area contributed by atoms with Gasteiger partial charge in [-0.15, -0.1) is 0 Å². The van der Waals surface area contributed by atoms with E-state index in [9.17, 15) is 0 Å². The van der Waals surface area contributed by atoms with Crippen LogP contribution < -0.4 is 5.32 Å². The number of nitrogens with zero attached hydrogens (tertiary/aromatic N) is 3. The van der Waals surface area contributed by atoms with Gasteiger partial charge in [0.25, 0.3) is 0 Å². The number of hydrogen-bond donors (Lipinski definition) is 1. The molecule has 0 aliphatic heterocycles. The van der Waals surface area contributed by atoms with Crippen molar-refractivity contribution in [2.24, 2.45) is 0 Å². The molecule has 0 atom stereocenters. The van der Waals surface area contributed by atoms with Crippen LogP contribution in [0.1, 0.15) is 32.8 Å². The number of nitrogens with one attached hydrogen (secondary N) is 1. The molecule has 0 saturated heterocycles. The number of aryl methyl sites for hydroxylation is 1. The maximum Gasteiger partial charge on any atom is 0.0676 e. The Labute approximate surface area is 114 Å². The van der Waals surface area contributed by atoms with Crippen LogP contribution >= 0.6 is 0 Å². The molecule has 0 aliphatic carbocycles. The van der Waals surface area contributed by atoms with Crippen molar-refractivity contribution >= 4 is 0 Å². The van der Waals surface area contributed by atoms with E-state index in [4.69, 9.17) is 0 Å². The zero-order chi connectivity index (χ0) is 13.7. The summed E-state index contributed by atoms with van der Waals surface area (Å²) in [6.07, 6.45) is 9.77. The summed E-state index contributed by atoms with van der Waals surface area (Å²) in [5.41, 5.74) is 2.52. The van der Waals surface area contributed by atoms with E-state index >= 15 is 0 Å². The van der Waals surface area contributed by atoms with Gasteiger partial charge in [0.05, 0.1) is 11.9 Å². The molecule has 2 heterocycles. The summed E-state index contributed by atoms with van der Waals surface area (Å²) in [4.78, 5) is 4.01. The molecule has 2 aromatic rings. The van der Waals surface area contributed by atoms with Crippen molar-refractivity contribution in [2.45, 2.75) is 39.2 Å². The maximum absolute atomic E-state index is 4.38. The van der Waals surface area contributed by atoms with E-state index in [2.05, 4.69) is 42.4 Å². The monoisotopic (exact) mass is 258 g/mol. The Kier molecular flexibility index (Phi) is 4.32. The molecule has 102 valence electrons. The third-order valence-electron chi connectivity index (χ3n) is 2.86. The Bertz CT molecular complexity index is 496. The van der Waals surface area contributed by atoms with E-state index in [1.54, 1.807) is 12.4 Å². The van der Waals surface area contributed by atoms with Crippen LogP contribution in [-0.2, 0) is 6.42 Å². The van der Waals surface area contributed by atoms with Gasteiger partial charge in [0, 0.05) is 24.1 Å². The SMILES string of the molecule is CC(C)(C)NCCCc1cnn(-c2ccncc2)c1. The normalized spacial score (nSPS) is 11.7. The Balaban J connectivity index is 1.85.